The maximum absolute atomic E-state index is 13.2. The fraction of sp³-hybridized carbons (Fsp3) is 0.259. The molecular formula is C27H27N5O3. The molecule has 0 atom stereocenters. The van der Waals surface area contributed by atoms with Crippen LogP contribution in [0.5, 0.6) is 0 Å². The zero-order valence-electron chi connectivity index (χ0n) is 19.9. The van der Waals surface area contributed by atoms with Gasteiger partial charge in [0.25, 0.3) is 17.7 Å². The van der Waals surface area contributed by atoms with Gasteiger partial charge in [0.1, 0.15) is 5.70 Å². The summed E-state index contributed by atoms with van der Waals surface area (Å²) in [5.74, 6) is -0.749. The van der Waals surface area contributed by atoms with Crippen LogP contribution in [0.4, 0.5) is 0 Å². The molecule has 1 aromatic heterocycles. The van der Waals surface area contributed by atoms with Gasteiger partial charge in [0.2, 0.25) is 0 Å². The van der Waals surface area contributed by atoms with E-state index in [-0.39, 0.29) is 29.8 Å². The van der Waals surface area contributed by atoms with E-state index in [1.807, 2.05) is 43.6 Å². The smallest absolute Gasteiger partial charge is 0.271 e. The molecule has 0 spiro atoms. The molecule has 1 N–H and O–H groups in total. The summed E-state index contributed by atoms with van der Waals surface area (Å²) < 4.78 is 1.76. The minimum Gasteiger partial charge on any atom is -0.340 e. The number of carbonyl (C=O) groups excluding carboxylic acids is 3. The molecule has 3 aromatic rings. The van der Waals surface area contributed by atoms with Gasteiger partial charge in [0.05, 0.1) is 17.8 Å². The summed E-state index contributed by atoms with van der Waals surface area (Å²) in [6, 6.07) is 11.5. The molecule has 1 fully saturated rings. The van der Waals surface area contributed by atoms with Gasteiger partial charge < -0.3 is 10.2 Å². The number of amides is 3. The molecule has 2 aromatic carbocycles. The summed E-state index contributed by atoms with van der Waals surface area (Å²) in [7, 11) is 3.57. The normalized spacial score (nSPS) is 14.7. The maximum atomic E-state index is 13.2. The van der Waals surface area contributed by atoms with Crippen LogP contribution in [0.2, 0.25) is 0 Å². The monoisotopic (exact) mass is 469 g/mol. The maximum Gasteiger partial charge on any atom is 0.271 e. The number of likely N-dealkylation sites (N-methyl/N-ethyl adjacent to an activating group) is 1. The fourth-order valence-corrected chi connectivity index (χ4v) is 4.51. The van der Waals surface area contributed by atoms with Crippen LogP contribution in [0, 0.1) is 5.92 Å². The van der Waals surface area contributed by atoms with E-state index in [0.717, 1.165) is 40.4 Å². The molecule has 0 unspecified atom stereocenters. The van der Waals surface area contributed by atoms with Gasteiger partial charge in [-0.2, -0.15) is 5.10 Å². The number of hydrogen-bond donors (Lipinski definition) is 1. The first kappa shape index (κ1) is 22.6. The summed E-state index contributed by atoms with van der Waals surface area (Å²) in [4.78, 5) is 41.4. The van der Waals surface area contributed by atoms with Crippen molar-refractivity contribution in [2.45, 2.75) is 19.4 Å². The Kier molecular flexibility index (Phi) is 5.51. The second-order valence-electron chi connectivity index (χ2n) is 9.31. The molecular weight excluding hydrogens is 442 g/mol. The predicted octanol–water partition coefficient (Wildman–Crippen LogP) is 3.21. The second kappa shape index (κ2) is 8.54. The summed E-state index contributed by atoms with van der Waals surface area (Å²) in [6.45, 7) is 8.41. The van der Waals surface area contributed by atoms with Crippen LogP contribution in [0.25, 0.3) is 22.0 Å². The molecule has 5 rings (SSSR count). The molecule has 1 aliphatic carbocycles. The fourth-order valence-electron chi connectivity index (χ4n) is 4.51. The Bertz CT molecular complexity index is 1420. The Hall–Kier alpha value is -4.20. The molecule has 8 heteroatoms. The first-order valence-electron chi connectivity index (χ1n) is 11.5. The molecule has 35 heavy (non-hydrogen) atoms. The Morgan fingerprint density at radius 1 is 1.17 bits per heavy atom. The van der Waals surface area contributed by atoms with Crippen LogP contribution in [-0.2, 0) is 23.2 Å². The Balaban J connectivity index is 1.33. The Morgan fingerprint density at radius 2 is 1.91 bits per heavy atom. The average molecular weight is 470 g/mol. The van der Waals surface area contributed by atoms with Gasteiger partial charge in [0.15, 0.2) is 0 Å². The predicted molar refractivity (Wildman–Crippen MR) is 133 cm³/mol. The van der Waals surface area contributed by atoms with Gasteiger partial charge in [-0.1, -0.05) is 37.4 Å². The van der Waals surface area contributed by atoms with Crippen molar-refractivity contribution in [3.63, 3.8) is 0 Å². The van der Waals surface area contributed by atoms with E-state index in [1.54, 1.807) is 22.7 Å². The molecule has 3 amide bonds. The largest absolute Gasteiger partial charge is 0.340 e. The lowest BCUT2D eigenvalue weighted by Crippen LogP contribution is -2.39. The van der Waals surface area contributed by atoms with E-state index >= 15 is 0 Å². The van der Waals surface area contributed by atoms with E-state index in [0.29, 0.717) is 18.0 Å². The summed E-state index contributed by atoms with van der Waals surface area (Å²) >= 11 is 0. The SMILES string of the molecule is C=C(NC(=O)C(=C)N1Cc2c(cccc2-c2ccc3cn(C)nc3c2)C1=O)C(=O)N(C)CC1CC1. The zero-order valence-corrected chi connectivity index (χ0v) is 19.9. The van der Waals surface area contributed by atoms with Gasteiger partial charge in [-0.25, -0.2) is 0 Å². The summed E-state index contributed by atoms with van der Waals surface area (Å²) in [5, 5.41) is 8.03. The number of rotatable bonds is 7. The molecule has 2 aliphatic rings. The standard InChI is InChI=1S/C27H27N5O3/c1-16(26(34)30(3)13-18-8-9-18)28-25(33)17(2)32-15-23-21(6-5-7-22(23)27(32)35)19-10-11-20-14-31(4)29-24(20)12-19/h5-7,10-12,14,18H,1-2,8-9,13,15H2,3-4H3,(H,28,33). The topological polar surface area (TPSA) is 87.5 Å². The van der Waals surface area contributed by atoms with Crippen molar-refractivity contribution < 1.29 is 14.4 Å². The van der Waals surface area contributed by atoms with E-state index in [4.69, 9.17) is 0 Å². The van der Waals surface area contributed by atoms with Crippen LogP contribution in [0.1, 0.15) is 28.8 Å². The highest BCUT2D eigenvalue weighted by atomic mass is 16.2. The number of carbonyl (C=O) groups is 3. The van der Waals surface area contributed by atoms with E-state index in [2.05, 4.69) is 23.6 Å². The third kappa shape index (κ3) is 4.23. The first-order chi connectivity index (χ1) is 16.7. The summed E-state index contributed by atoms with van der Waals surface area (Å²) in [6.07, 6.45) is 4.18. The quantitative estimate of drug-likeness (QED) is 0.539. The lowest BCUT2D eigenvalue weighted by molar-refractivity contribution is -0.128. The number of fused-ring (bicyclic) bond motifs is 2. The molecule has 0 radical (unpaired) electrons. The Morgan fingerprint density at radius 3 is 2.66 bits per heavy atom. The van der Waals surface area contributed by atoms with Crippen LogP contribution < -0.4 is 5.32 Å². The summed E-state index contributed by atoms with van der Waals surface area (Å²) in [5.41, 5.74) is 3.99. The Labute approximate surface area is 203 Å². The molecule has 178 valence electrons. The number of hydrogen-bond acceptors (Lipinski definition) is 4. The lowest BCUT2D eigenvalue weighted by Gasteiger charge is -2.21. The highest BCUT2D eigenvalue weighted by Crippen LogP contribution is 2.35. The molecule has 1 saturated carbocycles. The minimum absolute atomic E-state index is 0.0314. The van der Waals surface area contributed by atoms with E-state index in [1.165, 1.54) is 4.90 Å². The van der Waals surface area contributed by atoms with Crippen molar-refractivity contribution in [3.8, 4) is 11.1 Å². The van der Waals surface area contributed by atoms with Crippen molar-refractivity contribution in [3.05, 3.63) is 78.3 Å². The minimum atomic E-state index is -0.624. The van der Waals surface area contributed by atoms with Crippen molar-refractivity contribution >= 4 is 28.6 Å². The van der Waals surface area contributed by atoms with Crippen molar-refractivity contribution in [2.24, 2.45) is 13.0 Å². The third-order valence-corrected chi connectivity index (χ3v) is 6.59. The first-order valence-corrected chi connectivity index (χ1v) is 11.5. The van der Waals surface area contributed by atoms with Gasteiger partial charge in [0, 0.05) is 37.8 Å². The van der Waals surface area contributed by atoms with Crippen molar-refractivity contribution in [2.75, 3.05) is 13.6 Å². The molecule has 0 saturated heterocycles. The van der Waals surface area contributed by atoms with E-state index in [9.17, 15) is 14.4 Å². The molecule has 0 bridgehead atoms. The van der Waals surface area contributed by atoms with Crippen LogP contribution >= 0.6 is 0 Å². The molecule has 8 nitrogen and oxygen atoms in total. The third-order valence-electron chi connectivity index (χ3n) is 6.59. The zero-order chi connectivity index (χ0) is 24.9. The number of benzene rings is 2. The van der Waals surface area contributed by atoms with Crippen LogP contribution in [-0.4, -0.2) is 50.9 Å². The van der Waals surface area contributed by atoms with E-state index < -0.39 is 5.91 Å². The number of nitrogens with zero attached hydrogens (tertiary/aromatic N) is 4. The van der Waals surface area contributed by atoms with Crippen LogP contribution in [0.15, 0.2) is 67.1 Å². The number of aromatic nitrogens is 2. The van der Waals surface area contributed by atoms with Gasteiger partial charge in [-0.05, 0) is 47.6 Å². The van der Waals surface area contributed by atoms with Gasteiger partial charge >= 0.3 is 0 Å². The van der Waals surface area contributed by atoms with Crippen LogP contribution in [0.3, 0.4) is 0 Å². The van der Waals surface area contributed by atoms with Crippen molar-refractivity contribution in [1.82, 2.24) is 24.9 Å². The van der Waals surface area contributed by atoms with Gasteiger partial charge in [-0.3, -0.25) is 24.0 Å². The second-order valence-corrected chi connectivity index (χ2v) is 9.31. The average Bonchev–Trinajstić information content (AvgIpc) is 3.47. The number of nitrogens with one attached hydrogen (secondary N) is 1. The molecule has 2 heterocycles. The number of aryl methyl sites for hydroxylation is 1. The van der Waals surface area contributed by atoms with Gasteiger partial charge in [-0.15, -0.1) is 0 Å². The molecule has 1 aliphatic heterocycles. The highest BCUT2D eigenvalue weighted by Gasteiger charge is 2.34. The van der Waals surface area contributed by atoms with Crippen molar-refractivity contribution in [1.29, 1.82) is 0 Å². The lowest BCUT2D eigenvalue weighted by atomic mass is 9.96. The highest BCUT2D eigenvalue weighted by molar-refractivity contribution is 6.08.